The second-order valence-corrected chi connectivity index (χ2v) is 8.55. The average Bonchev–Trinajstić information content (AvgIpc) is 3.22. The fourth-order valence-corrected chi connectivity index (χ4v) is 4.70. The van der Waals surface area contributed by atoms with Crippen molar-refractivity contribution in [3.63, 3.8) is 0 Å². The van der Waals surface area contributed by atoms with Gasteiger partial charge < -0.3 is 4.90 Å². The Morgan fingerprint density at radius 2 is 1.63 bits per heavy atom. The Hall–Kier alpha value is -3.47. The molecule has 1 aliphatic rings. The molecule has 0 aliphatic carbocycles. The summed E-state index contributed by atoms with van der Waals surface area (Å²) in [7, 11) is 0. The van der Waals surface area contributed by atoms with Crippen LogP contribution in [0.5, 0.6) is 0 Å². The van der Waals surface area contributed by atoms with Crippen LogP contribution < -0.4 is 4.90 Å². The molecule has 0 spiro atoms. The number of allylic oxidation sites excluding steroid dienone is 2. The van der Waals surface area contributed by atoms with Crippen LogP contribution in [0.4, 0.5) is 5.95 Å². The van der Waals surface area contributed by atoms with Crippen LogP contribution in [0.25, 0.3) is 10.8 Å². The van der Waals surface area contributed by atoms with E-state index in [9.17, 15) is 0 Å². The van der Waals surface area contributed by atoms with E-state index in [1.54, 1.807) is 0 Å². The van der Waals surface area contributed by atoms with Gasteiger partial charge in [-0.1, -0.05) is 77.9 Å². The number of fused-ring (bicyclic) bond motifs is 2. The highest BCUT2D eigenvalue weighted by atomic mass is 15.6. The summed E-state index contributed by atoms with van der Waals surface area (Å²) in [6, 6.07) is 25.4. The molecule has 0 amide bonds. The Bertz CT molecular complexity index is 1220. The van der Waals surface area contributed by atoms with Crippen LogP contribution in [0.1, 0.15) is 37.9 Å². The maximum absolute atomic E-state index is 4.44. The van der Waals surface area contributed by atoms with Crippen LogP contribution in [0.3, 0.4) is 0 Å². The van der Waals surface area contributed by atoms with E-state index >= 15 is 0 Å². The lowest BCUT2D eigenvalue weighted by molar-refractivity contribution is 0.447. The van der Waals surface area contributed by atoms with Crippen molar-refractivity contribution in [3.05, 3.63) is 95.7 Å². The molecule has 30 heavy (non-hydrogen) atoms. The van der Waals surface area contributed by atoms with E-state index in [4.69, 9.17) is 0 Å². The largest absolute Gasteiger partial charge is 0.308 e. The number of benzene rings is 3. The van der Waals surface area contributed by atoms with Crippen molar-refractivity contribution in [1.29, 1.82) is 0 Å². The van der Waals surface area contributed by atoms with Crippen molar-refractivity contribution < 1.29 is 0 Å². The van der Waals surface area contributed by atoms with Crippen LogP contribution >= 0.6 is 0 Å². The highest BCUT2D eigenvalue weighted by Crippen LogP contribution is 2.39. The molecule has 0 fully saturated rings. The summed E-state index contributed by atoms with van der Waals surface area (Å²) in [5.74, 6) is 0.786. The van der Waals surface area contributed by atoms with Gasteiger partial charge in [-0.25, -0.2) is 0 Å². The number of hydrogen-bond acceptors (Lipinski definition) is 4. The number of rotatable bonds is 4. The molecule has 1 aromatic heterocycles. The molecule has 0 bridgehead atoms. The van der Waals surface area contributed by atoms with Crippen molar-refractivity contribution >= 4 is 16.7 Å². The minimum Gasteiger partial charge on any atom is -0.308 e. The minimum absolute atomic E-state index is 0.0372. The van der Waals surface area contributed by atoms with Crippen LogP contribution in [0.15, 0.2) is 84.6 Å². The fraction of sp³-hybridized carbons (Fsp3) is 0.240. The zero-order chi connectivity index (χ0) is 20.7. The van der Waals surface area contributed by atoms with Crippen molar-refractivity contribution in [2.24, 2.45) is 0 Å². The van der Waals surface area contributed by atoms with Crippen molar-refractivity contribution in [1.82, 2.24) is 20.2 Å². The first kappa shape index (κ1) is 18.6. The summed E-state index contributed by atoms with van der Waals surface area (Å²) in [4.78, 5) is 2.27. The Morgan fingerprint density at radius 1 is 0.900 bits per heavy atom. The van der Waals surface area contributed by atoms with E-state index in [1.807, 2.05) is 4.68 Å². The Balaban J connectivity index is 1.59. The van der Waals surface area contributed by atoms with E-state index in [-0.39, 0.29) is 11.6 Å². The van der Waals surface area contributed by atoms with Crippen LogP contribution in [-0.2, 0) is 6.42 Å². The van der Waals surface area contributed by atoms with Gasteiger partial charge in [0.25, 0.3) is 5.95 Å². The first-order valence-electron chi connectivity index (χ1n) is 10.3. The van der Waals surface area contributed by atoms with E-state index < -0.39 is 0 Å². The van der Waals surface area contributed by atoms with Gasteiger partial charge in [0, 0.05) is 11.2 Å². The summed E-state index contributed by atoms with van der Waals surface area (Å²) in [6.07, 6.45) is 3.17. The van der Waals surface area contributed by atoms with Gasteiger partial charge in [-0.3, -0.25) is 0 Å². The number of hydrogen-bond donors (Lipinski definition) is 0. The van der Waals surface area contributed by atoms with Crippen LogP contribution in [0, 0.1) is 0 Å². The maximum Gasteiger partial charge on any atom is 0.251 e. The molecule has 1 unspecified atom stereocenters. The monoisotopic (exact) mass is 395 g/mol. The third-order valence-electron chi connectivity index (χ3n) is 5.92. The molecule has 0 N–H and O–H groups in total. The second-order valence-electron chi connectivity index (χ2n) is 8.55. The number of tetrazole rings is 1. The van der Waals surface area contributed by atoms with E-state index in [0.29, 0.717) is 0 Å². The van der Waals surface area contributed by atoms with Crippen LogP contribution in [-0.4, -0.2) is 25.7 Å². The number of anilines is 1. The highest BCUT2D eigenvalue weighted by Gasteiger charge is 2.37. The van der Waals surface area contributed by atoms with Crippen molar-refractivity contribution in [2.45, 2.75) is 38.8 Å². The summed E-state index contributed by atoms with van der Waals surface area (Å²) >= 11 is 0. The highest BCUT2D eigenvalue weighted by molar-refractivity contribution is 5.86. The van der Waals surface area contributed by atoms with Gasteiger partial charge in [0.15, 0.2) is 0 Å². The Morgan fingerprint density at radius 3 is 2.47 bits per heavy atom. The Labute approximate surface area is 176 Å². The molecule has 5 heteroatoms. The zero-order valence-electron chi connectivity index (χ0n) is 17.5. The maximum atomic E-state index is 4.44. The average molecular weight is 396 g/mol. The third-order valence-corrected chi connectivity index (χ3v) is 5.92. The summed E-state index contributed by atoms with van der Waals surface area (Å²) in [5.41, 5.74) is 3.49. The smallest absolute Gasteiger partial charge is 0.251 e. The van der Waals surface area contributed by atoms with Gasteiger partial charge in [-0.2, -0.15) is 4.68 Å². The van der Waals surface area contributed by atoms with Gasteiger partial charge in [0.1, 0.15) is 6.04 Å². The quantitative estimate of drug-likeness (QED) is 0.479. The van der Waals surface area contributed by atoms with Gasteiger partial charge >= 0.3 is 0 Å². The molecule has 1 atom stereocenters. The van der Waals surface area contributed by atoms with Gasteiger partial charge in [0.2, 0.25) is 0 Å². The molecule has 1 aliphatic heterocycles. The van der Waals surface area contributed by atoms with E-state index in [0.717, 1.165) is 18.1 Å². The fourth-order valence-electron chi connectivity index (χ4n) is 4.70. The van der Waals surface area contributed by atoms with E-state index in [1.165, 1.54) is 21.9 Å². The Kier molecular flexibility index (Phi) is 4.39. The molecular formula is C25H25N5. The molecule has 5 rings (SSSR count). The van der Waals surface area contributed by atoms with E-state index in [2.05, 4.69) is 120 Å². The van der Waals surface area contributed by atoms with Gasteiger partial charge in [0.05, 0.1) is 0 Å². The molecule has 2 heterocycles. The molecule has 4 aromatic rings. The van der Waals surface area contributed by atoms with Gasteiger partial charge in [-0.05, 0) is 65.6 Å². The molecule has 3 aromatic carbocycles. The number of nitrogens with zero attached hydrogens (tertiary/aromatic N) is 5. The molecule has 150 valence electrons. The van der Waals surface area contributed by atoms with Crippen LogP contribution in [0.2, 0.25) is 0 Å². The zero-order valence-corrected chi connectivity index (χ0v) is 17.5. The summed E-state index contributed by atoms with van der Waals surface area (Å²) in [6.45, 7) is 6.65. The first-order valence-corrected chi connectivity index (χ1v) is 10.3. The van der Waals surface area contributed by atoms with Crippen molar-refractivity contribution in [2.75, 3.05) is 4.90 Å². The standard InChI is InChI=1S/C25H25N5/c1-18-16-23(22-15-9-13-20-12-7-8-14-21(20)22)30-24(26-27-28-30)29(18)25(2,3)17-19-10-5-4-6-11-19/h4-16,23H,17H2,1-3H3. The predicted molar refractivity (Wildman–Crippen MR) is 120 cm³/mol. The normalized spacial score (nSPS) is 16.4. The first-order chi connectivity index (χ1) is 14.5. The molecule has 5 nitrogen and oxygen atoms in total. The molecule has 0 saturated carbocycles. The summed E-state index contributed by atoms with van der Waals surface area (Å²) < 4.78 is 1.95. The second kappa shape index (κ2) is 7.10. The summed E-state index contributed by atoms with van der Waals surface area (Å²) in [5, 5.41) is 15.3. The molecule has 0 radical (unpaired) electrons. The van der Waals surface area contributed by atoms with Crippen molar-refractivity contribution in [3.8, 4) is 0 Å². The SMILES string of the molecule is CC1=CC(c2cccc3ccccc23)n2nnnc2N1C(C)(C)Cc1ccccc1. The minimum atomic E-state index is -0.182. The predicted octanol–water partition coefficient (Wildman–Crippen LogP) is 5.16. The molecular weight excluding hydrogens is 370 g/mol. The lowest BCUT2D eigenvalue weighted by atomic mass is 9.91. The topological polar surface area (TPSA) is 46.8 Å². The lowest BCUT2D eigenvalue weighted by Gasteiger charge is -2.42. The number of aromatic nitrogens is 4. The third kappa shape index (κ3) is 3.07. The van der Waals surface area contributed by atoms with Gasteiger partial charge in [-0.15, -0.1) is 0 Å². The molecule has 0 saturated heterocycles. The lowest BCUT2D eigenvalue weighted by Crippen LogP contribution is -2.48.